The van der Waals surface area contributed by atoms with Crippen LogP contribution in [-0.2, 0) is 13.2 Å². The van der Waals surface area contributed by atoms with Gasteiger partial charge in [0.05, 0.1) is 5.75 Å². The van der Waals surface area contributed by atoms with Crippen molar-refractivity contribution in [3.05, 3.63) is 83.1 Å². The van der Waals surface area contributed by atoms with Crippen molar-refractivity contribution < 1.29 is 9.53 Å². The van der Waals surface area contributed by atoms with Crippen LogP contribution in [0.2, 0.25) is 0 Å². The molecule has 0 aliphatic rings. The number of rotatable bonds is 9. The second kappa shape index (κ2) is 9.53. The molecule has 0 saturated heterocycles. The highest BCUT2D eigenvalue weighted by Crippen LogP contribution is 2.21. The minimum Gasteiger partial charge on any atom is -0.486 e. The van der Waals surface area contributed by atoms with E-state index in [-0.39, 0.29) is 11.5 Å². The summed E-state index contributed by atoms with van der Waals surface area (Å²) < 4.78 is 8.62. The molecular weight excluding hydrogens is 426 g/mol. The maximum atomic E-state index is 12.4. The summed E-state index contributed by atoms with van der Waals surface area (Å²) in [5, 5.41) is 9.10. The molecule has 2 aromatic carbocycles. The largest absolute Gasteiger partial charge is 0.486 e. The van der Waals surface area contributed by atoms with Gasteiger partial charge in [0.15, 0.2) is 16.8 Å². The Morgan fingerprint density at radius 2 is 1.89 bits per heavy atom. The quantitative estimate of drug-likeness (QED) is 0.270. The Balaban J connectivity index is 1.66. The fraction of sp³-hybridized carbons (Fsp3) is 0.150. The second-order valence-corrected chi connectivity index (χ2v) is 7.48. The SMILES string of the molecule is C=CCn1c(COc2ccccc2)nnc1SCC(=O)c1ccc(Br)cc1. The molecule has 0 saturated carbocycles. The highest BCUT2D eigenvalue weighted by atomic mass is 79.9. The first-order valence-corrected chi connectivity index (χ1v) is 10.1. The highest BCUT2D eigenvalue weighted by molar-refractivity contribution is 9.10. The third-order valence-corrected chi connectivity index (χ3v) is 5.21. The van der Waals surface area contributed by atoms with Crippen LogP contribution in [0.5, 0.6) is 5.75 Å². The van der Waals surface area contributed by atoms with E-state index < -0.39 is 0 Å². The maximum Gasteiger partial charge on any atom is 0.192 e. The summed E-state index contributed by atoms with van der Waals surface area (Å²) in [6.07, 6.45) is 1.77. The minimum atomic E-state index is 0.0442. The number of para-hydroxylation sites is 1. The molecule has 0 fully saturated rings. The highest BCUT2D eigenvalue weighted by Gasteiger charge is 2.15. The summed E-state index contributed by atoms with van der Waals surface area (Å²) in [7, 11) is 0. The molecule has 0 radical (unpaired) electrons. The van der Waals surface area contributed by atoms with Crippen molar-refractivity contribution in [2.45, 2.75) is 18.3 Å². The van der Waals surface area contributed by atoms with Gasteiger partial charge < -0.3 is 4.74 Å². The molecule has 0 unspecified atom stereocenters. The predicted octanol–water partition coefficient (Wildman–Crippen LogP) is 4.78. The van der Waals surface area contributed by atoms with Gasteiger partial charge in [-0.05, 0) is 24.3 Å². The molecule has 27 heavy (non-hydrogen) atoms. The zero-order valence-corrected chi connectivity index (χ0v) is 16.9. The summed E-state index contributed by atoms with van der Waals surface area (Å²) in [4.78, 5) is 12.4. The van der Waals surface area contributed by atoms with Crippen LogP contribution in [0.15, 0.2) is 76.9 Å². The standard InChI is InChI=1S/C20H18BrN3O2S/c1-2-12-24-19(13-26-17-6-4-3-5-7-17)22-23-20(24)27-14-18(25)15-8-10-16(21)11-9-15/h2-11H,1,12-14H2. The van der Waals surface area contributed by atoms with Gasteiger partial charge in [0, 0.05) is 16.6 Å². The predicted molar refractivity (Wildman–Crippen MR) is 110 cm³/mol. The molecule has 1 aromatic heterocycles. The summed E-state index contributed by atoms with van der Waals surface area (Å²) in [6.45, 7) is 4.64. The van der Waals surface area contributed by atoms with E-state index in [0.29, 0.717) is 29.7 Å². The molecule has 3 aromatic rings. The van der Waals surface area contributed by atoms with Crippen LogP contribution in [0.25, 0.3) is 0 Å². The van der Waals surface area contributed by atoms with Crippen LogP contribution < -0.4 is 4.74 Å². The van der Waals surface area contributed by atoms with Crippen LogP contribution in [-0.4, -0.2) is 26.3 Å². The van der Waals surface area contributed by atoms with E-state index in [1.165, 1.54) is 11.8 Å². The lowest BCUT2D eigenvalue weighted by molar-refractivity contribution is 0.102. The normalized spacial score (nSPS) is 10.6. The first kappa shape index (κ1) is 19.4. The number of benzene rings is 2. The molecule has 5 nitrogen and oxygen atoms in total. The molecule has 138 valence electrons. The fourth-order valence-electron chi connectivity index (χ4n) is 2.36. The molecule has 0 amide bonds. The number of hydrogen-bond donors (Lipinski definition) is 0. The van der Waals surface area contributed by atoms with Gasteiger partial charge in [-0.15, -0.1) is 16.8 Å². The number of allylic oxidation sites excluding steroid dienone is 1. The molecule has 0 spiro atoms. The van der Waals surface area contributed by atoms with Crippen LogP contribution in [0, 0.1) is 0 Å². The lowest BCUT2D eigenvalue weighted by Gasteiger charge is -2.09. The molecule has 0 aliphatic carbocycles. The Hall–Kier alpha value is -2.38. The molecule has 0 bridgehead atoms. The van der Waals surface area contributed by atoms with E-state index in [9.17, 15) is 4.79 Å². The first-order chi connectivity index (χ1) is 13.2. The van der Waals surface area contributed by atoms with Gasteiger partial charge >= 0.3 is 0 Å². The zero-order chi connectivity index (χ0) is 19.1. The lowest BCUT2D eigenvalue weighted by atomic mass is 10.2. The van der Waals surface area contributed by atoms with Crippen molar-refractivity contribution in [3.63, 3.8) is 0 Å². The number of hydrogen-bond acceptors (Lipinski definition) is 5. The molecule has 3 rings (SSSR count). The van der Waals surface area contributed by atoms with Crippen molar-refractivity contribution in [1.29, 1.82) is 0 Å². The number of ketones is 1. The number of ether oxygens (including phenoxy) is 1. The molecular formula is C20H18BrN3O2S. The number of Topliss-reactive ketones (excluding diaryl/α,β-unsaturated/α-hetero) is 1. The summed E-state index contributed by atoms with van der Waals surface area (Å²) in [6, 6.07) is 16.9. The van der Waals surface area contributed by atoms with Crippen molar-refractivity contribution in [1.82, 2.24) is 14.8 Å². The third kappa shape index (κ3) is 5.30. The number of halogens is 1. The van der Waals surface area contributed by atoms with E-state index in [1.54, 1.807) is 18.2 Å². The summed E-state index contributed by atoms with van der Waals surface area (Å²) in [5.74, 6) is 1.79. The second-order valence-electron chi connectivity index (χ2n) is 5.62. The Morgan fingerprint density at radius 3 is 2.59 bits per heavy atom. The molecule has 7 heteroatoms. The lowest BCUT2D eigenvalue weighted by Crippen LogP contribution is -2.09. The smallest absolute Gasteiger partial charge is 0.192 e. The molecule has 0 aliphatic heterocycles. The van der Waals surface area contributed by atoms with E-state index >= 15 is 0 Å². The van der Waals surface area contributed by atoms with E-state index in [1.807, 2.05) is 47.0 Å². The Labute approximate surface area is 170 Å². The van der Waals surface area contributed by atoms with Gasteiger partial charge in [0.1, 0.15) is 12.4 Å². The fourth-order valence-corrected chi connectivity index (χ4v) is 3.48. The number of carbonyl (C=O) groups is 1. The van der Waals surface area contributed by atoms with E-state index in [4.69, 9.17) is 4.74 Å². The average Bonchev–Trinajstić information content (AvgIpc) is 3.08. The van der Waals surface area contributed by atoms with Gasteiger partial charge in [-0.1, -0.05) is 64.1 Å². The van der Waals surface area contributed by atoms with Crippen LogP contribution in [0.1, 0.15) is 16.2 Å². The van der Waals surface area contributed by atoms with Crippen LogP contribution in [0.4, 0.5) is 0 Å². The van der Waals surface area contributed by atoms with Crippen molar-refractivity contribution in [2.24, 2.45) is 0 Å². The maximum absolute atomic E-state index is 12.4. The van der Waals surface area contributed by atoms with Crippen molar-refractivity contribution >= 4 is 33.5 Å². The van der Waals surface area contributed by atoms with Gasteiger partial charge in [0.2, 0.25) is 0 Å². The number of thioether (sulfide) groups is 1. The Bertz CT molecular complexity index is 911. The molecule has 0 N–H and O–H groups in total. The Morgan fingerprint density at radius 1 is 1.15 bits per heavy atom. The van der Waals surface area contributed by atoms with Crippen molar-refractivity contribution in [3.8, 4) is 5.75 Å². The van der Waals surface area contributed by atoms with E-state index in [2.05, 4.69) is 32.7 Å². The van der Waals surface area contributed by atoms with Crippen LogP contribution >= 0.6 is 27.7 Å². The van der Waals surface area contributed by atoms with Gasteiger partial charge in [-0.25, -0.2) is 0 Å². The minimum absolute atomic E-state index is 0.0442. The third-order valence-electron chi connectivity index (χ3n) is 3.71. The first-order valence-electron chi connectivity index (χ1n) is 8.30. The van der Waals surface area contributed by atoms with Gasteiger partial charge in [-0.2, -0.15) is 0 Å². The topological polar surface area (TPSA) is 57.0 Å². The van der Waals surface area contributed by atoms with E-state index in [0.717, 1.165) is 10.2 Å². The van der Waals surface area contributed by atoms with Crippen LogP contribution in [0.3, 0.4) is 0 Å². The summed E-state index contributed by atoms with van der Waals surface area (Å²) in [5.41, 5.74) is 0.674. The number of nitrogens with zero attached hydrogens (tertiary/aromatic N) is 3. The summed E-state index contributed by atoms with van der Waals surface area (Å²) >= 11 is 4.73. The molecule has 1 heterocycles. The van der Waals surface area contributed by atoms with Gasteiger partial charge in [-0.3, -0.25) is 9.36 Å². The van der Waals surface area contributed by atoms with Crippen molar-refractivity contribution in [2.75, 3.05) is 5.75 Å². The Kier molecular flexibility index (Phi) is 6.84. The number of aromatic nitrogens is 3. The monoisotopic (exact) mass is 443 g/mol. The number of carbonyl (C=O) groups excluding carboxylic acids is 1. The molecule has 0 atom stereocenters. The zero-order valence-electron chi connectivity index (χ0n) is 14.5. The average molecular weight is 444 g/mol. The van der Waals surface area contributed by atoms with Gasteiger partial charge in [0.25, 0.3) is 0 Å².